The molecule has 0 radical (unpaired) electrons. The van der Waals surface area contributed by atoms with Crippen LogP contribution in [0.2, 0.25) is 0 Å². The molecule has 0 aliphatic carbocycles. The summed E-state index contributed by atoms with van der Waals surface area (Å²) < 4.78 is 37.2. The van der Waals surface area contributed by atoms with Crippen molar-refractivity contribution in [3.8, 4) is 5.75 Å². The molecule has 0 amide bonds. The molecule has 22 heavy (non-hydrogen) atoms. The summed E-state index contributed by atoms with van der Waals surface area (Å²) in [5.41, 5.74) is 0.845. The van der Waals surface area contributed by atoms with Crippen LogP contribution in [-0.4, -0.2) is 33.7 Å². The van der Waals surface area contributed by atoms with Crippen molar-refractivity contribution in [3.63, 3.8) is 0 Å². The first kappa shape index (κ1) is 16.4. The second-order valence-corrected chi connectivity index (χ2v) is 6.26. The molecule has 0 bridgehead atoms. The van der Waals surface area contributed by atoms with E-state index >= 15 is 0 Å². The molecule has 0 saturated heterocycles. The largest absolute Gasteiger partial charge is 0.491 e. The van der Waals surface area contributed by atoms with Gasteiger partial charge in [0.1, 0.15) is 12.4 Å². The van der Waals surface area contributed by atoms with Crippen LogP contribution in [0.1, 0.15) is 5.56 Å². The molecule has 118 valence electrons. The fraction of sp³-hybridized carbons (Fsp3) is 0.267. The van der Waals surface area contributed by atoms with E-state index in [1.807, 2.05) is 0 Å². The Morgan fingerprint density at radius 1 is 1.05 bits per heavy atom. The molecule has 1 aromatic carbocycles. The Bertz CT molecular complexity index is 672. The highest BCUT2D eigenvalue weighted by Crippen LogP contribution is 2.16. The number of methoxy groups -OCH3 is 1. The average Bonchev–Trinajstić information content (AvgIpc) is 2.55. The van der Waals surface area contributed by atoms with E-state index in [-0.39, 0.29) is 11.4 Å². The van der Waals surface area contributed by atoms with Crippen LogP contribution in [-0.2, 0) is 21.3 Å². The second-order valence-electron chi connectivity index (χ2n) is 4.49. The van der Waals surface area contributed by atoms with Gasteiger partial charge in [0.2, 0.25) is 10.0 Å². The summed E-state index contributed by atoms with van der Waals surface area (Å²) in [4.78, 5) is 4.08. The van der Waals surface area contributed by atoms with Gasteiger partial charge in [-0.2, -0.15) is 0 Å². The lowest BCUT2D eigenvalue weighted by Gasteiger charge is -2.09. The van der Waals surface area contributed by atoms with Crippen LogP contribution in [0.25, 0.3) is 0 Å². The van der Waals surface area contributed by atoms with E-state index in [0.29, 0.717) is 19.0 Å². The van der Waals surface area contributed by atoms with Crippen molar-refractivity contribution in [1.29, 1.82) is 0 Å². The Kier molecular flexibility index (Phi) is 5.88. The van der Waals surface area contributed by atoms with E-state index in [1.54, 1.807) is 43.8 Å². The van der Waals surface area contributed by atoms with Crippen LogP contribution in [0, 0.1) is 0 Å². The number of rotatable bonds is 8. The standard InChI is InChI=1S/C15H18N2O4S/c1-20-10-11-21-14-2-4-15(5-3-14)22(18,19)17-12-13-6-8-16-9-7-13/h2-9,17H,10-12H2,1H3. The third-order valence-corrected chi connectivity index (χ3v) is 4.32. The van der Waals surface area contributed by atoms with Crippen molar-refractivity contribution in [3.05, 3.63) is 54.4 Å². The van der Waals surface area contributed by atoms with Crippen molar-refractivity contribution in [2.45, 2.75) is 11.4 Å². The van der Waals surface area contributed by atoms with Gasteiger partial charge in [0.25, 0.3) is 0 Å². The van der Waals surface area contributed by atoms with Gasteiger partial charge in [-0.15, -0.1) is 0 Å². The number of pyridine rings is 1. The zero-order valence-corrected chi connectivity index (χ0v) is 13.0. The van der Waals surface area contributed by atoms with Gasteiger partial charge in [0.15, 0.2) is 0 Å². The van der Waals surface area contributed by atoms with Crippen LogP contribution in [0.4, 0.5) is 0 Å². The molecule has 1 heterocycles. The Morgan fingerprint density at radius 2 is 1.73 bits per heavy atom. The molecule has 0 aliphatic rings. The van der Waals surface area contributed by atoms with Crippen LogP contribution in [0.5, 0.6) is 5.75 Å². The fourth-order valence-electron chi connectivity index (χ4n) is 1.72. The highest BCUT2D eigenvalue weighted by Gasteiger charge is 2.13. The lowest BCUT2D eigenvalue weighted by Crippen LogP contribution is -2.23. The van der Waals surface area contributed by atoms with Crippen LogP contribution in [0.3, 0.4) is 0 Å². The minimum Gasteiger partial charge on any atom is -0.491 e. The first-order valence-corrected chi connectivity index (χ1v) is 8.20. The summed E-state index contributed by atoms with van der Waals surface area (Å²) in [7, 11) is -1.96. The molecule has 0 unspecified atom stereocenters. The van der Waals surface area contributed by atoms with Crippen molar-refractivity contribution >= 4 is 10.0 Å². The third-order valence-electron chi connectivity index (χ3n) is 2.91. The van der Waals surface area contributed by atoms with Gasteiger partial charge >= 0.3 is 0 Å². The monoisotopic (exact) mass is 322 g/mol. The predicted octanol–water partition coefficient (Wildman–Crippen LogP) is 1.59. The van der Waals surface area contributed by atoms with Crippen LogP contribution >= 0.6 is 0 Å². The van der Waals surface area contributed by atoms with Crippen molar-refractivity contribution in [2.24, 2.45) is 0 Å². The van der Waals surface area contributed by atoms with Crippen molar-refractivity contribution in [1.82, 2.24) is 9.71 Å². The smallest absolute Gasteiger partial charge is 0.240 e. The molecule has 1 N–H and O–H groups in total. The number of hydrogen-bond acceptors (Lipinski definition) is 5. The molecule has 1 aromatic heterocycles. The van der Waals surface area contributed by atoms with Gasteiger partial charge in [0, 0.05) is 26.0 Å². The maximum absolute atomic E-state index is 12.2. The number of sulfonamides is 1. The van der Waals surface area contributed by atoms with Gasteiger partial charge in [0.05, 0.1) is 11.5 Å². The molecule has 7 heteroatoms. The zero-order valence-electron chi connectivity index (χ0n) is 12.2. The summed E-state index contributed by atoms with van der Waals surface area (Å²) in [5.74, 6) is 0.602. The third kappa shape index (κ3) is 4.80. The topological polar surface area (TPSA) is 77.5 Å². The predicted molar refractivity (Wildman–Crippen MR) is 82.1 cm³/mol. The molecule has 0 spiro atoms. The van der Waals surface area contributed by atoms with Gasteiger partial charge in [-0.1, -0.05) is 0 Å². The summed E-state index contributed by atoms with van der Waals surface area (Å²) in [5, 5.41) is 0. The van der Waals surface area contributed by atoms with E-state index in [4.69, 9.17) is 9.47 Å². The second kappa shape index (κ2) is 7.88. The Morgan fingerprint density at radius 3 is 2.36 bits per heavy atom. The van der Waals surface area contributed by atoms with Gasteiger partial charge in [-0.25, -0.2) is 13.1 Å². The molecule has 2 aromatic rings. The lowest BCUT2D eigenvalue weighted by molar-refractivity contribution is 0.146. The Hall–Kier alpha value is -1.96. The lowest BCUT2D eigenvalue weighted by atomic mass is 10.3. The van der Waals surface area contributed by atoms with E-state index in [1.165, 1.54) is 12.1 Å². The summed E-state index contributed by atoms with van der Waals surface area (Å²) in [6.07, 6.45) is 3.24. The van der Waals surface area contributed by atoms with E-state index in [0.717, 1.165) is 5.56 Å². The number of nitrogens with one attached hydrogen (secondary N) is 1. The summed E-state index contributed by atoms with van der Waals surface area (Å²) >= 11 is 0. The molecule has 0 saturated carbocycles. The van der Waals surface area contributed by atoms with E-state index in [9.17, 15) is 8.42 Å². The maximum Gasteiger partial charge on any atom is 0.240 e. The molecule has 2 rings (SSSR count). The van der Waals surface area contributed by atoms with Crippen LogP contribution in [0.15, 0.2) is 53.7 Å². The Labute approximate surface area is 130 Å². The Balaban J connectivity index is 1.97. The summed E-state index contributed by atoms with van der Waals surface area (Å²) in [6.45, 7) is 1.12. The number of benzene rings is 1. The molecule has 0 fully saturated rings. The van der Waals surface area contributed by atoms with Crippen LogP contribution < -0.4 is 9.46 Å². The normalized spacial score (nSPS) is 11.3. The highest BCUT2D eigenvalue weighted by molar-refractivity contribution is 7.89. The first-order chi connectivity index (χ1) is 10.6. The number of nitrogens with zero attached hydrogens (tertiary/aromatic N) is 1. The van der Waals surface area contributed by atoms with Crippen molar-refractivity contribution < 1.29 is 17.9 Å². The van der Waals surface area contributed by atoms with E-state index in [2.05, 4.69) is 9.71 Å². The number of aromatic nitrogens is 1. The molecule has 0 aliphatic heterocycles. The number of ether oxygens (including phenoxy) is 2. The quantitative estimate of drug-likeness (QED) is 0.747. The summed E-state index contributed by atoms with van der Waals surface area (Å²) in [6, 6.07) is 9.78. The van der Waals surface area contributed by atoms with Gasteiger partial charge in [-0.05, 0) is 42.0 Å². The molecular formula is C15H18N2O4S. The molecular weight excluding hydrogens is 304 g/mol. The van der Waals surface area contributed by atoms with Gasteiger partial charge in [-0.3, -0.25) is 4.98 Å². The highest BCUT2D eigenvalue weighted by atomic mass is 32.2. The zero-order chi connectivity index (χ0) is 15.8. The first-order valence-electron chi connectivity index (χ1n) is 6.72. The minimum absolute atomic E-state index is 0.195. The van der Waals surface area contributed by atoms with Crippen molar-refractivity contribution in [2.75, 3.05) is 20.3 Å². The average molecular weight is 322 g/mol. The minimum atomic E-state index is -3.55. The van der Waals surface area contributed by atoms with Gasteiger partial charge < -0.3 is 9.47 Å². The maximum atomic E-state index is 12.2. The fourth-order valence-corrected chi connectivity index (χ4v) is 2.74. The molecule has 6 nitrogen and oxygen atoms in total. The molecule has 0 atom stereocenters. The SMILES string of the molecule is COCCOc1ccc(S(=O)(=O)NCc2ccncc2)cc1. The van der Waals surface area contributed by atoms with E-state index < -0.39 is 10.0 Å². The number of hydrogen-bond donors (Lipinski definition) is 1.